The van der Waals surface area contributed by atoms with Crippen LogP contribution < -0.4 is 9.21 Å². The molecule has 3 aromatic carbocycles. The molecule has 0 saturated heterocycles. The lowest BCUT2D eigenvalue weighted by Crippen LogP contribution is -2.35. The number of aryl methyl sites for hydroxylation is 1. The first kappa shape index (κ1) is 21.1. The number of carbonyl (C=O) groups is 1. The second-order valence-electron chi connectivity index (χ2n) is 8.16. The lowest BCUT2D eigenvalue weighted by molar-refractivity contribution is 0.0981. The van der Waals surface area contributed by atoms with Crippen LogP contribution in [0.3, 0.4) is 0 Å². The van der Waals surface area contributed by atoms with Crippen LogP contribution in [0, 0.1) is 6.92 Å². The third-order valence-electron chi connectivity index (χ3n) is 5.68. The third-order valence-corrected chi connectivity index (χ3v) is 6.82. The largest absolute Gasteiger partial charge is 0.305 e. The van der Waals surface area contributed by atoms with E-state index in [0.717, 1.165) is 23.2 Å². The van der Waals surface area contributed by atoms with Crippen molar-refractivity contribution in [2.75, 3.05) is 15.5 Å². The fraction of sp³-hybridized carbons (Fsp3) is 0.240. The Kier molecular flexibility index (Phi) is 5.58. The highest BCUT2D eigenvalue weighted by molar-refractivity contribution is 7.92. The van der Waals surface area contributed by atoms with Crippen LogP contribution in [-0.4, -0.2) is 26.6 Å². The van der Waals surface area contributed by atoms with Crippen molar-refractivity contribution in [3.8, 4) is 0 Å². The van der Waals surface area contributed by atoms with Gasteiger partial charge in [0.05, 0.1) is 18.5 Å². The zero-order valence-electron chi connectivity index (χ0n) is 17.9. The molecule has 0 saturated carbocycles. The minimum atomic E-state index is -3.49. The first-order chi connectivity index (χ1) is 14.7. The van der Waals surface area contributed by atoms with Crippen LogP contribution >= 0.6 is 0 Å². The molecule has 0 aliphatic carbocycles. The van der Waals surface area contributed by atoms with Crippen molar-refractivity contribution in [2.45, 2.75) is 32.9 Å². The summed E-state index contributed by atoms with van der Waals surface area (Å²) in [4.78, 5) is 15.0. The molecule has 0 radical (unpaired) electrons. The highest BCUT2D eigenvalue weighted by Gasteiger charge is 2.31. The van der Waals surface area contributed by atoms with E-state index in [1.807, 2.05) is 61.2 Å². The molecule has 31 heavy (non-hydrogen) atoms. The number of para-hydroxylation sites is 1. The smallest absolute Gasteiger partial charge is 0.258 e. The fourth-order valence-corrected chi connectivity index (χ4v) is 4.93. The molecule has 0 spiro atoms. The first-order valence-electron chi connectivity index (χ1n) is 10.3. The number of rotatable bonds is 5. The van der Waals surface area contributed by atoms with Crippen molar-refractivity contribution >= 4 is 27.3 Å². The minimum Gasteiger partial charge on any atom is -0.305 e. The molecule has 5 nitrogen and oxygen atoms in total. The normalized spacial score (nSPS) is 15.6. The van der Waals surface area contributed by atoms with Crippen LogP contribution in [0.2, 0.25) is 0 Å². The van der Waals surface area contributed by atoms with Gasteiger partial charge in [-0.25, -0.2) is 8.42 Å². The standard InChI is InChI=1S/C25H26N2O3S/c1-18-8-10-20(11-9-18)17-26(31(3,29)30)23-14-12-21(13-15-23)25(28)27-19(2)16-22-6-4-5-7-24(22)27/h4-15,19H,16-17H2,1-3H3. The molecule has 0 N–H and O–H groups in total. The van der Waals surface area contributed by atoms with Gasteiger partial charge in [0.1, 0.15) is 0 Å². The summed E-state index contributed by atoms with van der Waals surface area (Å²) in [6.45, 7) is 4.27. The summed E-state index contributed by atoms with van der Waals surface area (Å²) >= 11 is 0. The molecular formula is C25H26N2O3S. The highest BCUT2D eigenvalue weighted by atomic mass is 32.2. The van der Waals surface area contributed by atoms with Crippen molar-refractivity contribution in [1.29, 1.82) is 0 Å². The zero-order chi connectivity index (χ0) is 22.2. The number of anilines is 2. The number of benzene rings is 3. The van der Waals surface area contributed by atoms with E-state index in [-0.39, 0.29) is 18.5 Å². The molecular weight excluding hydrogens is 408 g/mol. The molecule has 1 aliphatic heterocycles. The predicted molar refractivity (Wildman–Crippen MR) is 125 cm³/mol. The van der Waals surface area contributed by atoms with E-state index in [4.69, 9.17) is 0 Å². The van der Waals surface area contributed by atoms with E-state index in [1.165, 1.54) is 16.1 Å². The Morgan fingerprint density at radius 3 is 2.29 bits per heavy atom. The van der Waals surface area contributed by atoms with E-state index >= 15 is 0 Å². The van der Waals surface area contributed by atoms with Crippen LogP contribution in [0.5, 0.6) is 0 Å². The Bertz CT molecular complexity index is 1200. The Balaban J connectivity index is 1.60. The van der Waals surface area contributed by atoms with Crippen molar-refractivity contribution in [2.24, 2.45) is 0 Å². The molecule has 1 aliphatic rings. The molecule has 1 heterocycles. The minimum absolute atomic E-state index is 0.0755. The van der Waals surface area contributed by atoms with Gasteiger partial charge in [0.2, 0.25) is 10.0 Å². The van der Waals surface area contributed by atoms with Gasteiger partial charge in [-0.3, -0.25) is 9.10 Å². The van der Waals surface area contributed by atoms with Gasteiger partial charge in [-0.1, -0.05) is 48.0 Å². The molecule has 0 bridgehead atoms. The van der Waals surface area contributed by atoms with Crippen molar-refractivity contribution in [3.63, 3.8) is 0 Å². The van der Waals surface area contributed by atoms with Gasteiger partial charge in [-0.2, -0.15) is 0 Å². The Hall–Kier alpha value is -3.12. The molecule has 1 atom stereocenters. The van der Waals surface area contributed by atoms with Crippen LogP contribution in [-0.2, 0) is 23.0 Å². The molecule has 4 rings (SSSR count). The first-order valence-corrected chi connectivity index (χ1v) is 12.1. The summed E-state index contributed by atoms with van der Waals surface area (Å²) in [7, 11) is -3.49. The van der Waals surface area contributed by atoms with Crippen LogP contribution in [0.25, 0.3) is 0 Å². The number of hydrogen-bond donors (Lipinski definition) is 0. The van der Waals surface area contributed by atoms with Gasteiger partial charge in [-0.15, -0.1) is 0 Å². The number of sulfonamides is 1. The van der Waals surface area contributed by atoms with Gasteiger partial charge in [0.25, 0.3) is 5.91 Å². The fourth-order valence-electron chi connectivity index (χ4n) is 4.04. The second-order valence-corrected chi connectivity index (χ2v) is 10.1. The summed E-state index contributed by atoms with van der Waals surface area (Å²) in [6.07, 6.45) is 2.03. The van der Waals surface area contributed by atoms with Crippen molar-refractivity contribution in [1.82, 2.24) is 0 Å². The monoisotopic (exact) mass is 434 g/mol. The number of fused-ring (bicyclic) bond motifs is 1. The Morgan fingerprint density at radius 1 is 1.00 bits per heavy atom. The van der Waals surface area contributed by atoms with E-state index in [9.17, 15) is 13.2 Å². The van der Waals surface area contributed by atoms with Crippen molar-refractivity contribution < 1.29 is 13.2 Å². The van der Waals surface area contributed by atoms with Gasteiger partial charge in [0, 0.05) is 17.3 Å². The number of nitrogens with zero attached hydrogens (tertiary/aromatic N) is 2. The summed E-state index contributed by atoms with van der Waals surface area (Å²) in [5, 5.41) is 0. The van der Waals surface area contributed by atoms with Crippen LogP contribution in [0.4, 0.5) is 11.4 Å². The second kappa shape index (κ2) is 8.19. The Labute approximate surface area is 184 Å². The van der Waals surface area contributed by atoms with E-state index in [2.05, 4.69) is 6.07 Å². The molecule has 1 amide bonds. The zero-order valence-corrected chi connectivity index (χ0v) is 18.8. The van der Waals surface area contributed by atoms with Gasteiger partial charge in [0.15, 0.2) is 0 Å². The summed E-state index contributed by atoms with van der Waals surface area (Å²) in [5.41, 5.74) is 5.21. The molecule has 3 aromatic rings. The predicted octanol–water partition coefficient (Wildman–Crippen LogP) is 4.55. The third kappa shape index (κ3) is 4.35. The molecule has 160 valence electrons. The quantitative estimate of drug-likeness (QED) is 0.592. The molecule has 0 aromatic heterocycles. The van der Waals surface area contributed by atoms with E-state index in [1.54, 1.807) is 24.3 Å². The molecule has 1 unspecified atom stereocenters. The average molecular weight is 435 g/mol. The lowest BCUT2D eigenvalue weighted by atomic mass is 10.1. The topological polar surface area (TPSA) is 57.7 Å². The number of amides is 1. The number of hydrogen-bond acceptors (Lipinski definition) is 3. The average Bonchev–Trinajstić information content (AvgIpc) is 3.08. The Morgan fingerprint density at radius 2 is 1.65 bits per heavy atom. The van der Waals surface area contributed by atoms with Gasteiger partial charge < -0.3 is 4.90 Å². The summed E-state index contributed by atoms with van der Waals surface area (Å²) in [5.74, 6) is -0.0755. The molecule has 0 fully saturated rings. The maximum Gasteiger partial charge on any atom is 0.258 e. The van der Waals surface area contributed by atoms with Gasteiger partial charge in [-0.05, 0) is 61.7 Å². The van der Waals surface area contributed by atoms with Crippen molar-refractivity contribution in [3.05, 3.63) is 95.1 Å². The van der Waals surface area contributed by atoms with Gasteiger partial charge >= 0.3 is 0 Å². The maximum atomic E-state index is 13.2. The number of carbonyl (C=O) groups excluding carboxylic acids is 1. The van der Waals surface area contributed by atoms with Crippen LogP contribution in [0.15, 0.2) is 72.8 Å². The lowest BCUT2D eigenvalue weighted by Gasteiger charge is -2.25. The van der Waals surface area contributed by atoms with E-state index in [0.29, 0.717) is 11.3 Å². The van der Waals surface area contributed by atoms with Crippen LogP contribution in [0.1, 0.15) is 34.0 Å². The van der Waals surface area contributed by atoms with E-state index < -0.39 is 10.0 Å². The maximum absolute atomic E-state index is 13.2. The highest BCUT2D eigenvalue weighted by Crippen LogP contribution is 2.33. The SMILES string of the molecule is Cc1ccc(CN(c2ccc(C(=O)N3c4ccccc4CC3C)cc2)S(C)(=O)=O)cc1. The summed E-state index contributed by atoms with van der Waals surface area (Å²) < 4.78 is 26.3. The molecule has 6 heteroatoms. The summed E-state index contributed by atoms with van der Waals surface area (Å²) in [6, 6.07) is 22.6.